The lowest BCUT2D eigenvalue weighted by Gasteiger charge is -1.92. The van der Waals surface area contributed by atoms with E-state index in [1.807, 2.05) is 0 Å². The van der Waals surface area contributed by atoms with Gasteiger partial charge < -0.3 is 0 Å². The van der Waals surface area contributed by atoms with Crippen LogP contribution in [-0.2, 0) is 0 Å². The average molecular weight is 142 g/mol. The van der Waals surface area contributed by atoms with E-state index in [9.17, 15) is 4.39 Å². The fraction of sp³-hybridized carbons (Fsp3) is 0. The topological polar surface area (TPSA) is 0 Å². The second-order valence-corrected chi connectivity index (χ2v) is 2.38. The van der Waals surface area contributed by atoms with Crippen molar-refractivity contribution in [2.75, 3.05) is 0 Å². The molecule has 0 unspecified atom stereocenters. The average Bonchev–Trinajstić information content (AvgIpc) is 1.59. The summed E-state index contributed by atoms with van der Waals surface area (Å²) >= 11 is 5.51. The molecule has 0 spiro atoms. The molecule has 3 heteroatoms. The minimum absolute atomic E-state index is 0.278. The molecular formula is C6H5BClF. The van der Waals surface area contributed by atoms with Crippen LogP contribution in [0.5, 0.6) is 0 Å². The minimum Gasteiger partial charge on any atom is -0.207 e. The molecule has 0 bridgehead atoms. The number of rotatable bonds is 0. The Hall–Kier alpha value is -0.495. The first-order chi connectivity index (χ1) is 4.18. The van der Waals surface area contributed by atoms with Crippen LogP contribution in [0.15, 0.2) is 18.2 Å². The number of hydrogen-bond acceptors (Lipinski definition) is 0. The van der Waals surface area contributed by atoms with Gasteiger partial charge in [-0.2, -0.15) is 0 Å². The standard InChI is InChI=1S/C6H5BClF/c7-4-1-5(8)3-6(9)2-4/h1-3H,7H2. The van der Waals surface area contributed by atoms with Crippen LogP contribution in [0.3, 0.4) is 0 Å². The highest BCUT2D eigenvalue weighted by Gasteiger charge is 1.92. The molecule has 0 fully saturated rings. The maximum absolute atomic E-state index is 12.3. The second kappa shape index (κ2) is 2.40. The Balaban J connectivity index is 3.17. The van der Waals surface area contributed by atoms with Gasteiger partial charge in [-0.25, -0.2) is 4.39 Å². The Kier molecular flexibility index (Phi) is 1.77. The number of halogens is 2. The van der Waals surface area contributed by atoms with Crippen molar-refractivity contribution in [1.82, 2.24) is 0 Å². The Morgan fingerprint density at radius 1 is 1.33 bits per heavy atom. The van der Waals surface area contributed by atoms with E-state index < -0.39 is 0 Å². The van der Waals surface area contributed by atoms with E-state index in [1.54, 1.807) is 13.9 Å². The lowest BCUT2D eigenvalue weighted by Crippen LogP contribution is -2.01. The molecule has 0 amide bonds. The molecule has 0 radical (unpaired) electrons. The zero-order valence-electron chi connectivity index (χ0n) is 4.99. The van der Waals surface area contributed by atoms with E-state index >= 15 is 0 Å². The van der Waals surface area contributed by atoms with Gasteiger partial charge in [0.25, 0.3) is 0 Å². The predicted molar refractivity (Wildman–Crippen MR) is 39.6 cm³/mol. The monoisotopic (exact) mass is 142 g/mol. The van der Waals surface area contributed by atoms with Crippen molar-refractivity contribution in [1.29, 1.82) is 0 Å². The van der Waals surface area contributed by atoms with E-state index in [-0.39, 0.29) is 5.82 Å². The van der Waals surface area contributed by atoms with Gasteiger partial charge in [-0.15, -0.1) is 0 Å². The molecule has 0 aromatic heterocycles. The zero-order chi connectivity index (χ0) is 6.85. The van der Waals surface area contributed by atoms with Gasteiger partial charge in [0.15, 0.2) is 0 Å². The van der Waals surface area contributed by atoms with Crippen LogP contribution in [0.25, 0.3) is 0 Å². The molecule has 0 saturated heterocycles. The second-order valence-electron chi connectivity index (χ2n) is 1.95. The van der Waals surface area contributed by atoms with E-state index in [2.05, 4.69) is 0 Å². The molecule has 1 aromatic carbocycles. The summed E-state index contributed by atoms with van der Waals surface area (Å²) in [5.74, 6) is -0.278. The van der Waals surface area contributed by atoms with Gasteiger partial charge in [0, 0.05) is 5.02 Å². The molecule has 0 N–H and O–H groups in total. The third-order valence-electron chi connectivity index (χ3n) is 1.01. The summed E-state index contributed by atoms with van der Waals surface area (Å²) in [6.07, 6.45) is 0. The number of hydrogen-bond donors (Lipinski definition) is 0. The molecule has 1 rings (SSSR count). The van der Waals surface area contributed by atoms with Crippen molar-refractivity contribution in [3.05, 3.63) is 29.0 Å². The van der Waals surface area contributed by atoms with Crippen LogP contribution in [0.2, 0.25) is 5.02 Å². The highest BCUT2D eigenvalue weighted by atomic mass is 35.5. The van der Waals surface area contributed by atoms with Crippen molar-refractivity contribution in [3.63, 3.8) is 0 Å². The Morgan fingerprint density at radius 3 is 2.44 bits per heavy atom. The molecule has 0 nitrogen and oxygen atoms in total. The minimum atomic E-state index is -0.278. The Morgan fingerprint density at radius 2 is 2.00 bits per heavy atom. The molecule has 0 aliphatic carbocycles. The lowest BCUT2D eigenvalue weighted by atomic mass is 9.97. The summed E-state index contributed by atoms with van der Waals surface area (Å²) in [4.78, 5) is 0. The van der Waals surface area contributed by atoms with Crippen LogP contribution in [-0.4, -0.2) is 7.85 Å². The van der Waals surface area contributed by atoms with Crippen molar-refractivity contribution in [2.45, 2.75) is 0 Å². The molecule has 0 aliphatic rings. The van der Waals surface area contributed by atoms with Gasteiger partial charge in [0.05, 0.1) is 0 Å². The summed E-state index contributed by atoms with van der Waals surface area (Å²) in [6, 6.07) is 4.44. The molecule has 0 atom stereocenters. The predicted octanol–water partition coefficient (Wildman–Crippen LogP) is 0.738. The third-order valence-corrected chi connectivity index (χ3v) is 1.23. The molecule has 46 valence electrons. The van der Waals surface area contributed by atoms with Gasteiger partial charge >= 0.3 is 0 Å². The smallest absolute Gasteiger partial charge is 0.139 e. The van der Waals surface area contributed by atoms with Gasteiger partial charge in [-0.1, -0.05) is 17.1 Å². The summed E-state index contributed by atoms with van der Waals surface area (Å²) in [6.45, 7) is 0. The summed E-state index contributed by atoms with van der Waals surface area (Å²) < 4.78 is 12.3. The van der Waals surface area contributed by atoms with E-state index in [1.165, 1.54) is 12.1 Å². The fourth-order valence-electron chi connectivity index (χ4n) is 0.692. The van der Waals surface area contributed by atoms with Crippen LogP contribution in [0.1, 0.15) is 0 Å². The first-order valence-corrected chi connectivity index (χ1v) is 2.99. The molecule has 0 heterocycles. The maximum atomic E-state index is 12.3. The fourth-order valence-corrected chi connectivity index (χ4v) is 0.968. The Bertz CT molecular complexity index is 174. The van der Waals surface area contributed by atoms with Crippen molar-refractivity contribution < 1.29 is 4.39 Å². The molecule has 9 heavy (non-hydrogen) atoms. The van der Waals surface area contributed by atoms with Crippen LogP contribution < -0.4 is 5.46 Å². The normalized spacial score (nSPS) is 9.56. The van der Waals surface area contributed by atoms with Crippen molar-refractivity contribution in [2.24, 2.45) is 0 Å². The largest absolute Gasteiger partial charge is 0.207 e. The van der Waals surface area contributed by atoms with E-state index in [0.717, 1.165) is 5.46 Å². The molecular weight excluding hydrogens is 137 g/mol. The van der Waals surface area contributed by atoms with Crippen LogP contribution in [0.4, 0.5) is 4.39 Å². The maximum Gasteiger partial charge on any atom is 0.139 e. The number of benzene rings is 1. The van der Waals surface area contributed by atoms with Gasteiger partial charge in [-0.3, -0.25) is 0 Å². The SMILES string of the molecule is Bc1cc(F)cc(Cl)c1. The lowest BCUT2D eigenvalue weighted by molar-refractivity contribution is 0.629. The first-order valence-electron chi connectivity index (χ1n) is 2.61. The van der Waals surface area contributed by atoms with Crippen LogP contribution >= 0.6 is 11.6 Å². The molecule has 1 aromatic rings. The van der Waals surface area contributed by atoms with Crippen molar-refractivity contribution in [3.8, 4) is 0 Å². The highest BCUT2D eigenvalue weighted by Crippen LogP contribution is 2.06. The van der Waals surface area contributed by atoms with Crippen molar-refractivity contribution >= 4 is 24.9 Å². The zero-order valence-corrected chi connectivity index (χ0v) is 5.74. The van der Waals surface area contributed by atoms with Gasteiger partial charge in [0.2, 0.25) is 0 Å². The first kappa shape index (κ1) is 6.62. The summed E-state index contributed by atoms with van der Waals surface area (Å²) in [7, 11) is 1.80. The van der Waals surface area contributed by atoms with E-state index in [4.69, 9.17) is 11.6 Å². The third kappa shape index (κ3) is 1.72. The van der Waals surface area contributed by atoms with E-state index in [0.29, 0.717) is 5.02 Å². The quantitative estimate of drug-likeness (QED) is 0.469. The highest BCUT2D eigenvalue weighted by molar-refractivity contribution is 6.36. The molecule has 0 saturated carbocycles. The Labute approximate surface area is 59.1 Å². The summed E-state index contributed by atoms with van der Waals surface area (Å²) in [5, 5.41) is 0.451. The summed E-state index contributed by atoms with van der Waals surface area (Å²) in [5.41, 5.74) is 0.847. The van der Waals surface area contributed by atoms with Crippen LogP contribution in [0, 0.1) is 5.82 Å². The van der Waals surface area contributed by atoms with Gasteiger partial charge in [-0.05, 0) is 18.2 Å². The van der Waals surface area contributed by atoms with Gasteiger partial charge in [0.1, 0.15) is 13.7 Å². The molecule has 0 aliphatic heterocycles.